The van der Waals surface area contributed by atoms with Crippen molar-refractivity contribution in [1.82, 2.24) is 14.8 Å². The predicted molar refractivity (Wildman–Crippen MR) is 61.1 cm³/mol. The molecule has 2 aromatic rings. The van der Waals surface area contributed by atoms with E-state index in [1.165, 1.54) is 10.7 Å². The Kier molecular flexibility index (Phi) is 3.58. The molecule has 0 bridgehead atoms. The molecule has 0 fully saturated rings. The van der Waals surface area contributed by atoms with Gasteiger partial charge in [0.25, 0.3) is 0 Å². The highest BCUT2D eigenvalue weighted by Gasteiger charge is 2.16. The highest BCUT2D eigenvalue weighted by Crippen LogP contribution is 2.23. The number of aromatic nitrogens is 3. The summed E-state index contributed by atoms with van der Waals surface area (Å²) in [4.78, 5) is 3.75. The third kappa shape index (κ3) is 2.04. The second kappa shape index (κ2) is 4.56. The lowest BCUT2D eigenvalue weighted by Crippen LogP contribution is -1.97. The van der Waals surface area contributed by atoms with Crippen LogP contribution in [0.25, 0.3) is 11.4 Å². The van der Waals surface area contributed by atoms with Crippen LogP contribution in [0.5, 0.6) is 0 Å². The Balaban J connectivity index is 0.00000128. The summed E-state index contributed by atoms with van der Waals surface area (Å²) in [5.41, 5.74) is 5.16. The molecule has 7 heteroatoms. The lowest BCUT2D eigenvalue weighted by Gasteiger charge is -1.98. The van der Waals surface area contributed by atoms with Gasteiger partial charge >= 0.3 is 0 Å². The molecule has 0 spiro atoms. The van der Waals surface area contributed by atoms with Crippen LogP contribution in [-0.4, -0.2) is 14.8 Å². The number of anilines is 1. The highest BCUT2D eigenvalue weighted by molar-refractivity contribution is 8.93. The Hall–Kier alpha value is -1.50. The molecule has 86 valence electrons. The molecule has 0 aliphatic heterocycles. The van der Waals surface area contributed by atoms with E-state index in [4.69, 9.17) is 5.73 Å². The van der Waals surface area contributed by atoms with E-state index in [-0.39, 0.29) is 34.3 Å². The topological polar surface area (TPSA) is 56.7 Å². The maximum atomic E-state index is 13.3. The molecule has 1 aromatic carbocycles. The van der Waals surface area contributed by atoms with Gasteiger partial charge in [0.05, 0.1) is 5.56 Å². The fourth-order valence-electron chi connectivity index (χ4n) is 1.21. The summed E-state index contributed by atoms with van der Waals surface area (Å²) in [6.45, 7) is 0. The fraction of sp³-hybridized carbons (Fsp3) is 0.111. The minimum atomic E-state index is -0.708. The van der Waals surface area contributed by atoms with Gasteiger partial charge < -0.3 is 5.73 Å². The lowest BCUT2D eigenvalue weighted by atomic mass is 10.2. The summed E-state index contributed by atoms with van der Waals surface area (Å²) < 4.78 is 27.9. The minimum Gasteiger partial charge on any atom is -0.368 e. The third-order valence-electron chi connectivity index (χ3n) is 1.98. The number of halogens is 3. The fourth-order valence-corrected chi connectivity index (χ4v) is 1.21. The molecule has 2 rings (SSSR count). The van der Waals surface area contributed by atoms with Crippen LogP contribution in [0.3, 0.4) is 0 Å². The number of rotatable bonds is 1. The number of hydrogen-bond acceptors (Lipinski definition) is 3. The van der Waals surface area contributed by atoms with E-state index < -0.39 is 11.6 Å². The number of nitrogen functional groups attached to an aromatic ring is 1. The van der Waals surface area contributed by atoms with E-state index in [9.17, 15) is 8.78 Å². The molecule has 0 unspecified atom stereocenters. The van der Waals surface area contributed by atoms with Gasteiger partial charge in [0, 0.05) is 7.05 Å². The van der Waals surface area contributed by atoms with Crippen LogP contribution in [0.4, 0.5) is 14.7 Å². The molecule has 0 aliphatic carbocycles. The van der Waals surface area contributed by atoms with Crippen molar-refractivity contribution in [3.05, 3.63) is 29.8 Å². The maximum Gasteiger partial charge on any atom is 0.218 e. The van der Waals surface area contributed by atoms with Crippen LogP contribution >= 0.6 is 17.0 Å². The molecule has 0 saturated heterocycles. The first-order chi connectivity index (χ1) is 7.09. The average molecular weight is 291 g/mol. The third-order valence-corrected chi connectivity index (χ3v) is 1.98. The maximum absolute atomic E-state index is 13.3. The first-order valence-corrected chi connectivity index (χ1v) is 4.20. The van der Waals surface area contributed by atoms with Gasteiger partial charge in [-0.3, -0.25) is 0 Å². The molecule has 0 radical (unpaired) electrons. The summed E-state index contributed by atoms with van der Waals surface area (Å²) in [7, 11) is 1.55. The van der Waals surface area contributed by atoms with E-state index in [0.29, 0.717) is 0 Å². The molecular weight excluding hydrogens is 282 g/mol. The van der Waals surface area contributed by atoms with Crippen LogP contribution in [0.2, 0.25) is 0 Å². The predicted octanol–water partition coefficient (Wildman–Crippen LogP) is 1.92. The van der Waals surface area contributed by atoms with E-state index in [1.54, 1.807) is 7.05 Å². The van der Waals surface area contributed by atoms with Gasteiger partial charge in [0.15, 0.2) is 5.82 Å². The van der Waals surface area contributed by atoms with Gasteiger partial charge in [0.1, 0.15) is 11.6 Å². The summed E-state index contributed by atoms with van der Waals surface area (Å²) in [6.07, 6.45) is 0. The minimum absolute atomic E-state index is 0. The van der Waals surface area contributed by atoms with E-state index in [2.05, 4.69) is 10.1 Å². The molecule has 1 aromatic heterocycles. The van der Waals surface area contributed by atoms with Gasteiger partial charge in [-0.15, -0.1) is 22.1 Å². The van der Waals surface area contributed by atoms with Gasteiger partial charge in [-0.05, 0) is 12.1 Å². The molecule has 0 aliphatic rings. The molecular formula is C9H9BrF2N4. The Morgan fingerprint density at radius 1 is 1.25 bits per heavy atom. The molecule has 0 amide bonds. The van der Waals surface area contributed by atoms with Gasteiger partial charge in [0.2, 0.25) is 5.95 Å². The van der Waals surface area contributed by atoms with Crippen LogP contribution in [0, 0.1) is 11.6 Å². The number of nitrogens with two attached hydrogens (primary N) is 1. The number of nitrogens with zero attached hydrogens (tertiary/aromatic N) is 3. The Morgan fingerprint density at radius 3 is 2.25 bits per heavy atom. The van der Waals surface area contributed by atoms with Crippen molar-refractivity contribution in [3.8, 4) is 11.4 Å². The van der Waals surface area contributed by atoms with Crippen molar-refractivity contribution in [2.45, 2.75) is 0 Å². The first kappa shape index (κ1) is 12.6. The van der Waals surface area contributed by atoms with Gasteiger partial charge in [-0.2, -0.15) is 4.98 Å². The number of hydrogen-bond donors (Lipinski definition) is 1. The first-order valence-electron chi connectivity index (χ1n) is 4.20. The Bertz CT molecular complexity index is 472. The van der Waals surface area contributed by atoms with Crippen molar-refractivity contribution in [1.29, 1.82) is 0 Å². The zero-order chi connectivity index (χ0) is 11.0. The largest absolute Gasteiger partial charge is 0.368 e. The van der Waals surface area contributed by atoms with Gasteiger partial charge in [-0.25, -0.2) is 13.5 Å². The van der Waals surface area contributed by atoms with E-state index in [0.717, 1.165) is 12.1 Å². The van der Waals surface area contributed by atoms with Crippen LogP contribution in [-0.2, 0) is 7.05 Å². The van der Waals surface area contributed by atoms with Gasteiger partial charge in [-0.1, -0.05) is 6.07 Å². The Labute approximate surface area is 101 Å². The summed E-state index contributed by atoms with van der Waals surface area (Å²) in [5, 5.41) is 3.80. The number of aryl methyl sites for hydroxylation is 1. The van der Waals surface area contributed by atoms with E-state index in [1.807, 2.05) is 0 Å². The zero-order valence-corrected chi connectivity index (χ0v) is 10.0. The summed E-state index contributed by atoms with van der Waals surface area (Å²) in [6, 6.07) is 3.57. The molecule has 1 heterocycles. The average Bonchev–Trinajstić information content (AvgIpc) is 2.46. The smallest absolute Gasteiger partial charge is 0.218 e. The van der Waals surface area contributed by atoms with Crippen LogP contribution in [0.15, 0.2) is 18.2 Å². The zero-order valence-electron chi connectivity index (χ0n) is 8.32. The second-order valence-electron chi connectivity index (χ2n) is 3.01. The second-order valence-corrected chi connectivity index (χ2v) is 3.01. The SMILES string of the molecule is Br.Cn1nc(-c2c(F)cccc2F)nc1N. The van der Waals surface area contributed by atoms with Crippen molar-refractivity contribution in [2.24, 2.45) is 7.05 Å². The molecule has 2 N–H and O–H groups in total. The highest BCUT2D eigenvalue weighted by atomic mass is 79.9. The molecule has 16 heavy (non-hydrogen) atoms. The normalized spacial score (nSPS) is 9.94. The monoisotopic (exact) mass is 290 g/mol. The van der Waals surface area contributed by atoms with Crippen molar-refractivity contribution in [3.63, 3.8) is 0 Å². The van der Waals surface area contributed by atoms with E-state index >= 15 is 0 Å². The van der Waals surface area contributed by atoms with Crippen molar-refractivity contribution < 1.29 is 8.78 Å². The summed E-state index contributed by atoms with van der Waals surface area (Å²) >= 11 is 0. The van der Waals surface area contributed by atoms with Crippen molar-refractivity contribution in [2.75, 3.05) is 5.73 Å². The quantitative estimate of drug-likeness (QED) is 0.873. The van der Waals surface area contributed by atoms with Crippen LogP contribution in [0.1, 0.15) is 0 Å². The lowest BCUT2D eigenvalue weighted by molar-refractivity contribution is 0.587. The molecule has 0 saturated carbocycles. The number of benzene rings is 1. The molecule has 0 atom stereocenters. The molecule has 4 nitrogen and oxygen atoms in total. The standard InChI is InChI=1S/C9H8F2N4.BrH/c1-15-9(12)13-8(14-15)7-5(10)3-2-4-6(7)11;/h2-4H,1H3,(H2,12,13,14);1H. The van der Waals surface area contributed by atoms with Crippen LogP contribution < -0.4 is 5.73 Å². The van der Waals surface area contributed by atoms with Crippen molar-refractivity contribution >= 4 is 22.9 Å². The summed E-state index contributed by atoms with van der Waals surface area (Å²) in [5.74, 6) is -1.36. The Morgan fingerprint density at radius 2 is 1.81 bits per heavy atom.